The topological polar surface area (TPSA) is 79.4 Å². The van der Waals surface area contributed by atoms with Crippen LogP contribution < -0.4 is 5.32 Å². The highest BCUT2D eigenvalue weighted by atomic mass is 79.9. The molecule has 0 atom stereocenters. The van der Waals surface area contributed by atoms with Gasteiger partial charge in [0, 0.05) is 23.2 Å². The number of carbonyl (C=O) groups excluding carboxylic acids is 1. The molecule has 0 aromatic carbocycles. The molecule has 1 N–H and O–H groups in total. The lowest BCUT2D eigenvalue weighted by molar-refractivity contribution is 0.102. The molecule has 26 heavy (non-hydrogen) atoms. The first-order valence-electron chi connectivity index (χ1n) is 7.51. The average Bonchev–Trinajstić information content (AvgIpc) is 3.34. The van der Waals surface area contributed by atoms with Crippen molar-refractivity contribution in [3.8, 4) is 0 Å². The molecule has 0 unspecified atom stereocenters. The third-order valence-corrected chi connectivity index (χ3v) is 9.46. The molecular weight excluding hydrogens is 478 g/mol. The maximum Gasteiger partial charge on any atom is 0.258 e. The molecule has 0 spiro atoms. The Labute approximate surface area is 170 Å². The molecule has 0 radical (unpaired) electrons. The number of amides is 1. The summed E-state index contributed by atoms with van der Waals surface area (Å²) in [5.41, 5.74) is 1.45. The summed E-state index contributed by atoms with van der Waals surface area (Å²) < 4.78 is 28.1. The third kappa shape index (κ3) is 3.51. The summed E-state index contributed by atoms with van der Waals surface area (Å²) in [6.07, 6.45) is 0.534. The van der Waals surface area contributed by atoms with Crippen LogP contribution in [0.4, 0.5) is 5.13 Å². The van der Waals surface area contributed by atoms with E-state index in [4.69, 9.17) is 0 Å². The van der Waals surface area contributed by atoms with Crippen LogP contribution in [0.2, 0.25) is 0 Å². The molecule has 3 aromatic rings. The van der Waals surface area contributed by atoms with E-state index in [2.05, 4.69) is 26.2 Å². The summed E-state index contributed by atoms with van der Waals surface area (Å²) in [5, 5.41) is 6.91. The number of sulfonamides is 1. The van der Waals surface area contributed by atoms with Crippen LogP contribution in [0.25, 0.3) is 0 Å². The normalized spacial score (nSPS) is 15.0. The summed E-state index contributed by atoms with van der Waals surface area (Å²) in [6, 6.07) is 5.09. The van der Waals surface area contributed by atoms with Crippen molar-refractivity contribution in [1.82, 2.24) is 9.29 Å². The van der Waals surface area contributed by atoms with Crippen LogP contribution in [0.5, 0.6) is 0 Å². The van der Waals surface area contributed by atoms with Gasteiger partial charge in [-0.15, -0.1) is 22.7 Å². The fourth-order valence-electron chi connectivity index (χ4n) is 2.56. The van der Waals surface area contributed by atoms with Crippen molar-refractivity contribution in [2.45, 2.75) is 17.2 Å². The minimum atomic E-state index is -3.52. The molecule has 1 aliphatic heterocycles. The van der Waals surface area contributed by atoms with Gasteiger partial charge in [0.15, 0.2) is 5.13 Å². The first kappa shape index (κ1) is 18.3. The first-order chi connectivity index (χ1) is 12.4. The van der Waals surface area contributed by atoms with Crippen molar-refractivity contribution < 1.29 is 13.2 Å². The zero-order valence-electron chi connectivity index (χ0n) is 13.1. The fraction of sp³-hybridized carbons (Fsp3) is 0.200. The van der Waals surface area contributed by atoms with Crippen molar-refractivity contribution in [2.24, 2.45) is 0 Å². The Balaban J connectivity index is 1.52. The van der Waals surface area contributed by atoms with E-state index in [1.165, 1.54) is 38.3 Å². The Morgan fingerprint density at radius 1 is 1.27 bits per heavy atom. The number of carbonyl (C=O) groups is 1. The predicted octanol–water partition coefficient (Wildman–Crippen LogP) is 4.03. The highest BCUT2D eigenvalue weighted by Crippen LogP contribution is 2.34. The van der Waals surface area contributed by atoms with E-state index in [-0.39, 0.29) is 12.5 Å². The van der Waals surface area contributed by atoms with E-state index in [1.807, 2.05) is 5.38 Å². The molecule has 0 aliphatic carbocycles. The molecule has 3 aromatic heterocycles. The number of fused-ring (bicyclic) bond motifs is 1. The van der Waals surface area contributed by atoms with Crippen molar-refractivity contribution in [2.75, 3.05) is 11.9 Å². The molecule has 1 amide bonds. The number of halogens is 1. The Kier molecular flexibility index (Phi) is 5.01. The lowest BCUT2D eigenvalue weighted by Crippen LogP contribution is -2.35. The van der Waals surface area contributed by atoms with Gasteiger partial charge in [-0.25, -0.2) is 13.4 Å². The Morgan fingerprint density at radius 2 is 2.12 bits per heavy atom. The van der Waals surface area contributed by atoms with E-state index in [0.717, 1.165) is 14.4 Å². The molecule has 11 heteroatoms. The Morgan fingerprint density at radius 3 is 2.81 bits per heavy atom. The fourth-order valence-corrected chi connectivity index (χ4v) is 7.87. The van der Waals surface area contributed by atoms with E-state index < -0.39 is 10.0 Å². The second kappa shape index (κ2) is 7.13. The first-order valence-corrected chi connectivity index (χ1v) is 12.3. The van der Waals surface area contributed by atoms with E-state index in [1.54, 1.807) is 23.6 Å². The summed E-state index contributed by atoms with van der Waals surface area (Å²) in [6.45, 7) is 0.658. The maximum absolute atomic E-state index is 12.8. The summed E-state index contributed by atoms with van der Waals surface area (Å²) in [4.78, 5) is 17.5. The van der Waals surface area contributed by atoms with Gasteiger partial charge in [0.05, 0.1) is 21.6 Å². The number of anilines is 1. The molecule has 0 bridgehead atoms. The lowest BCUT2D eigenvalue weighted by atomic mass is 10.2. The Hall–Kier alpha value is -1.11. The molecule has 136 valence electrons. The number of aromatic nitrogens is 1. The number of thiophene rings is 2. The zero-order chi connectivity index (χ0) is 18.3. The molecule has 0 fully saturated rings. The quantitative estimate of drug-likeness (QED) is 0.599. The van der Waals surface area contributed by atoms with Gasteiger partial charge in [0.25, 0.3) is 15.9 Å². The second-order valence-electron chi connectivity index (χ2n) is 5.50. The van der Waals surface area contributed by atoms with Gasteiger partial charge >= 0.3 is 0 Å². The van der Waals surface area contributed by atoms with Crippen LogP contribution in [0.15, 0.2) is 37.0 Å². The van der Waals surface area contributed by atoms with Crippen LogP contribution in [0, 0.1) is 0 Å². The highest BCUT2D eigenvalue weighted by Gasteiger charge is 2.31. The number of thiazole rings is 1. The van der Waals surface area contributed by atoms with Crippen LogP contribution in [-0.4, -0.2) is 30.2 Å². The van der Waals surface area contributed by atoms with E-state index >= 15 is 0 Å². The van der Waals surface area contributed by atoms with Crippen molar-refractivity contribution in [3.05, 3.63) is 48.9 Å². The molecule has 6 nitrogen and oxygen atoms in total. The number of nitrogens with zero attached hydrogens (tertiary/aromatic N) is 2. The van der Waals surface area contributed by atoms with Gasteiger partial charge < -0.3 is 0 Å². The minimum absolute atomic E-state index is 0.203. The third-order valence-electron chi connectivity index (χ3n) is 3.84. The molecule has 1 aliphatic rings. The molecule has 4 heterocycles. The van der Waals surface area contributed by atoms with Crippen molar-refractivity contribution in [3.63, 3.8) is 0 Å². The van der Waals surface area contributed by atoms with Gasteiger partial charge in [-0.2, -0.15) is 15.6 Å². The van der Waals surface area contributed by atoms with Gasteiger partial charge in [-0.05, 0) is 39.5 Å². The van der Waals surface area contributed by atoms with E-state index in [0.29, 0.717) is 27.9 Å². The monoisotopic (exact) mass is 489 g/mol. The standard InChI is InChI=1S/C15H12BrN3O3S4/c16-12-1-2-13(25-12)26(21,22)19-5-3-10-11(7-19)24-15(17-10)18-14(20)9-4-6-23-8-9/h1-2,4,6,8H,3,5,7H2,(H,17,18,20). The van der Waals surface area contributed by atoms with Gasteiger partial charge in [0.1, 0.15) is 4.21 Å². The van der Waals surface area contributed by atoms with Gasteiger partial charge in [-0.1, -0.05) is 0 Å². The molecule has 0 saturated heterocycles. The van der Waals surface area contributed by atoms with Gasteiger partial charge in [-0.3, -0.25) is 10.1 Å². The van der Waals surface area contributed by atoms with Crippen molar-refractivity contribution >= 4 is 71.0 Å². The van der Waals surface area contributed by atoms with Crippen molar-refractivity contribution in [1.29, 1.82) is 0 Å². The maximum atomic E-state index is 12.8. The summed E-state index contributed by atoms with van der Waals surface area (Å²) >= 11 is 7.29. The molecule has 0 saturated carbocycles. The van der Waals surface area contributed by atoms with Crippen LogP contribution in [-0.2, 0) is 23.0 Å². The SMILES string of the molecule is O=C(Nc1nc2c(s1)CN(S(=O)(=O)c1ccc(Br)s1)CC2)c1ccsc1. The average molecular weight is 490 g/mol. The van der Waals surface area contributed by atoms with Crippen LogP contribution in [0.3, 0.4) is 0 Å². The highest BCUT2D eigenvalue weighted by molar-refractivity contribution is 9.11. The molecular formula is C15H12BrN3O3S4. The second-order valence-corrected chi connectivity index (χ2v) is 12.0. The largest absolute Gasteiger partial charge is 0.298 e. The number of rotatable bonds is 4. The predicted molar refractivity (Wildman–Crippen MR) is 108 cm³/mol. The number of nitrogens with one attached hydrogen (secondary N) is 1. The Bertz CT molecular complexity index is 1060. The van der Waals surface area contributed by atoms with E-state index in [9.17, 15) is 13.2 Å². The van der Waals surface area contributed by atoms with Crippen LogP contribution in [0.1, 0.15) is 20.9 Å². The number of hydrogen-bond acceptors (Lipinski definition) is 7. The summed E-state index contributed by atoms with van der Waals surface area (Å²) in [7, 11) is -3.52. The lowest BCUT2D eigenvalue weighted by Gasteiger charge is -2.24. The van der Waals surface area contributed by atoms with Gasteiger partial charge in [0.2, 0.25) is 0 Å². The summed E-state index contributed by atoms with van der Waals surface area (Å²) in [5.74, 6) is -0.203. The molecule has 4 rings (SSSR count). The van der Waals surface area contributed by atoms with Crippen LogP contribution >= 0.6 is 49.9 Å². The number of hydrogen-bond donors (Lipinski definition) is 1. The zero-order valence-corrected chi connectivity index (χ0v) is 18.0. The minimum Gasteiger partial charge on any atom is -0.298 e. The smallest absolute Gasteiger partial charge is 0.258 e.